The van der Waals surface area contributed by atoms with Crippen LogP contribution in [0, 0.1) is 0 Å². The maximum absolute atomic E-state index is 12.5. The first-order valence-electron chi connectivity index (χ1n) is 8.74. The Labute approximate surface area is 143 Å². The zero-order chi connectivity index (χ0) is 17.0. The summed E-state index contributed by atoms with van der Waals surface area (Å²) in [6.45, 7) is 8.63. The Kier molecular flexibility index (Phi) is 5.21. The first-order chi connectivity index (χ1) is 11.6. The summed E-state index contributed by atoms with van der Waals surface area (Å²) in [4.78, 5) is 14.7. The second kappa shape index (κ2) is 7.36. The van der Waals surface area contributed by atoms with Crippen LogP contribution in [0.25, 0.3) is 10.9 Å². The molecular weight excluding hydrogens is 302 g/mol. The average Bonchev–Trinajstić information content (AvgIpc) is 3.02. The first-order valence-corrected chi connectivity index (χ1v) is 8.74. The summed E-state index contributed by atoms with van der Waals surface area (Å²) >= 11 is 0. The molecule has 1 aliphatic rings. The lowest BCUT2D eigenvalue weighted by Gasteiger charge is -2.39. The van der Waals surface area contributed by atoms with Crippen molar-refractivity contribution < 1.29 is 9.53 Å². The fraction of sp³-hybridized carbons (Fsp3) is 0.526. The largest absolute Gasteiger partial charge is 0.379 e. The Morgan fingerprint density at radius 1 is 1.21 bits per heavy atom. The van der Waals surface area contributed by atoms with E-state index in [1.165, 1.54) is 10.9 Å². The van der Waals surface area contributed by atoms with Crippen LogP contribution < -0.4 is 5.32 Å². The lowest BCUT2D eigenvalue weighted by atomic mass is 10.0. The fourth-order valence-corrected chi connectivity index (χ4v) is 3.27. The number of nitrogens with zero attached hydrogens (tertiary/aromatic N) is 2. The second-order valence-corrected chi connectivity index (χ2v) is 6.84. The lowest BCUT2D eigenvalue weighted by Crippen LogP contribution is -2.58. The molecule has 1 N–H and O–H groups in total. The molecule has 1 fully saturated rings. The van der Waals surface area contributed by atoms with E-state index < -0.39 is 5.54 Å². The maximum Gasteiger partial charge on any atom is 0.239 e. The van der Waals surface area contributed by atoms with Gasteiger partial charge in [0, 0.05) is 37.9 Å². The molecule has 1 aromatic heterocycles. The van der Waals surface area contributed by atoms with Crippen LogP contribution in [0.4, 0.5) is 0 Å². The number of aryl methyl sites for hydroxylation is 1. The number of morpholine rings is 1. The normalized spacial score (nSPS) is 16.4. The SMILES string of the molecule is CC(C)(C(=O)NCCCn1ccc2ccccc21)N1CCOCC1. The molecule has 5 nitrogen and oxygen atoms in total. The first kappa shape index (κ1) is 17.0. The molecule has 2 heterocycles. The predicted molar refractivity (Wildman–Crippen MR) is 96.0 cm³/mol. The smallest absolute Gasteiger partial charge is 0.239 e. The van der Waals surface area contributed by atoms with Crippen molar-refractivity contribution in [3.05, 3.63) is 36.5 Å². The van der Waals surface area contributed by atoms with Gasteiger partial charge in [-0.25, -0.2) is 0 Å². The number of nitrogens with one attached hydrogen (secondary N) is 1. The van der Waals surface area contributed by atoms with E-state index in [-0.39, 0.29) is 5.91 Å². The molecule has 0 aliphatic carbocycles. The number of amides is 1. The quantitative estimate of drug-likeness (QED) is 0.827. The molecule has 3 rings (SSSR count). The Hall–Kier alpha value is -1.85. The van der Waals surface area contributed by atoms with Gasteiger partial charge >= 0.3 is 0 Å². The van der Waals surface area contributed by atoms with Crippen molar-refractivity contribution in [2.75, 3.05) is 32.8 Å². The van der Waals surface area contributed by atoms with Crippen LogP contribution in [0.15, 0.2) is 36.5 Å². The molecule has 0 unspecified atom stereocenters. The van der Waals surface area contributed by atoms with Gasteiger partial charge in [-0.05, 0) is 37.8 Å². The summed E-state index contributed by atoms with van der Waals surface area (Å²) in [6, 6.07) is 10.5. The molecule has 0 saturated carbocycles. The van der Waals surface area contributed by atoms with E-state index in [9.17, 15) is 4.79 Å². The number of benzene rings is 1. The third kappa shape index (κ3) is 3.62. The van der Waals surface area contributed by atoms with Crippen molar-refractivity contribution in [1.82, 2.24) is 14.8 Å². The van der Waals surface area contributed by atoms with Crippen LogP contribution in [0.3, 0.4) is 0 Å². The summed E-state index contributed by atoms with van der Waals surface area (Å²) in [6.07, 6.45) is 3.04. The number of hydrogen-bond acceptors (Lipinski definition) is 3. The molecular formula is C19H27N3O2. The van der Waals surface area contributed by atoms with Crippen molar-refractivity contribution in [2.45, 2.75) is 32.4 Å². The predicted octanol–water partition coefficient (Wildman–Crippen LogP) is 2.26. The lowest BCUT2D eigenvalue weighted by molar-refractivity contribution is -0.134. The van der Waals surface area contributed by atoms with Gasteiger partial charge in [-0.15, -0.1) is 0 Å². The van der Waals surface area contributed by atoms with Crippen molar-refractivity contribution in [1.29, 1.82) is 0 Å². The summed E-state index contributed by atoms with van der Waals surface area (Å²) in [7, 11) is 0. The summed E-state index contributed by atoms with van der Waals surface area (Å²) < 4.78 is 7.62. The van der Waals surface area contributed by atoms with Crippen LogP contribution in [0.1, 0.15) is 20.3 Å². The molecule has 0 bridgehead atoms. The third-order valence-electron chi connectivity index (χ3n) is 4.90. The number of para-hydroxylation sites is 1. The highest BCUT2D eigenvalue weighted by molar-refractivity contribution is 5.85. The Bertz CT molecular complexity index is 687. The Morgan fingerprint density at radius 2 is 1.96 bits per heavy atom. The van der Waals surface area contributed by atoms with E-state index in [0.717, 1.165) is 26.1 Å². The van der Waals surface area contributed by atoms with Gasteiger partial charge in [0.15, 0.2) is 0 Å². The molecule has 130 valence electrons. The molecule has 5 heteroatoms. The number of carbonyl (C=O) groups is 1. The zero-order valence-electron chi connectivity index (χ0n) is 14.6. The van der Waals surface area contributed by atoms with Crippen LogP contribution in [-0.4, -0.2) is 53.8 Å². The summed E-state index contributed by atoms with van der Waals surface area (Å²) in [5.74, 6) is 0.0989. The van der Waals surface area contributed by atoms with Gasteiger partial charge in [0.1, 0.15) is 0 Å². The minimum Gasteiger partial charge on any atom is -0.379 e. The molecule has 0 radical (unpaired) electrons. The minimum absolute atomic E-state index is 0.0989. The van der Waals surface area contributed by atoms with Gasteiger partial charge in [-0.1, -0.05) is 18.2 Å². The van der Waals surface area contributed by atoms with Crippen molar-refractivity contribution >= 4 is 16.8 Å². The van der Waals surface area contributed by atoms with Crippen molar-refractivity contribution in [3.8, 4) is 0 Å². The van der Waals surface area contributed by atoms with Gasteiger partial charge in [0.2, 0.25) is 5.91 Å². The third-order valence-corrected chi connectivity index (χ3v) is 4.90. The molecule has 1 aliphatic heterocycles. The second-order valence-electron chi connectivity index (χ2n) is 6.84. The molecule has 0 spiro atoms. The Balaban J connectivity index is 1.48. The number of hydrogen-bond donors (Lipinski definition) is 1. The van der Waals surface area contributed by atoms with Gasteiger partial charge in [0.05, 0.1) is 18.8 Å². The van der Waals surface area contributed by atoms with E-state index in [1.54, 1.807) is 0 Å². The van der Waals surface area contributed by atoms with Gasteiger partial charge < -0.3 is 14.6 Å². The van der Waals surface area contributed by atoms with Crippen molar-refractivity contribution in [2.24, 2.45) is 0 Å². The van der Waals surface area contributed by atoms with E-state index in [1.807, 2.05) is 13.8 Å². The highest BCUT2D eigenvalue weighted by Gasteiger charge is 2.35. The van der Waals surface area contributed by atoms with Gasteiger partial charge in [-0.2, -0.15) is 0 Å². The number of rotatable bonds is 6. The van der Waals surface area contributed by atoms with E-state index in [0.29, 0.717) is 19.8 Å². The highest BCUT2D eigenvalue weighted by atomic mass is 16.5. The highest BCUT2D eigenvalue weighted by Crippen LogP contribution is 2.17. The molecule has 0 atom stereocenters. The Morgan fingerprint density at radius 3 is 2.75 bits per heavy atom. The standard InChI is InChI=1S/C19H27N3O2/c1-19(2,22-12-14-24-15-13-22)18(23)20-9-5-10-21-11-8-16-6-3-4-7-17(16)21/h3-4,6-8,11H,5,9-10,12-15H2,1-2H3,(H,20,23). The minimum atomic E-state index is -0.482. The van der Waals surface area contributed by atoms with Crippen LogP contribution in [0.2, 0.25) is 0 Å². The van der Waals surface area contributed by atoms with Crippen molar-refractivity contribution in [3.63, 3.8) is 0 Å². The monoisotopic (exact) mass is 329 g/mol. The number of fused-ring (bicyclic) bond motifs is 1. The summed E-state index contributed by atoms with van der Waals surface area (Å²) in [5, 5.41) is 4.36. The van der Waals surface area contributed by atoms with Crippen LogP contribution in [-0.2, 0) is 16.1 Å². The molecule has 24 heavy (non-hydrogen) atoms. The fourth-order valence-electron chi connectivity index (χ4n) is 3.27. The zero-order valence-corrected chi connectivity index (χ0v) is 14.6. The van der Waals surface area contributed by atoms with Gasteiger partial charge in [-0.3, -0.25) is 9.69 Å². The molecule has 1 amide bonds. The molecule has 2 aromatic rings. The van der Waals surface area contributed by atoms with E-state index in [4.69, 9.17) is 4.74 Å². The average molecular weight is 329 g/mol. The molecule has 1 saturated heterocycles. The van der Waals surface area contributed by atoms with Crippen LogP contribution >= 0.6 is 0 Å². The van der Waals surface area contributed by atoms with E-state index >= 15 is 0 Å². The number of ether oxygens (including phenoxy) is 1. The summed E-state index contributed by atoms with van der Waals surface area (Å²) in [5.41, 5.74) is 0.765. The van der Waals surface area contributed by atoms with Gasteiger partial charge in [0.25, 0.3) is 0 Å². The van der Waals surface area contributed by atoms with Crippen LogP contribution in [0.5, 0.6) is 0 Å². The topological polar surface area (TPSA) is 46.5 Å². The maximum atomic E-state index is 12.5. The van der Waals surface area contributed by atoms with E-state index in [2.05, 4.69) is 51.3 Å². The number of aromatic nitrogens is 1. The number of carbonyl (C=O) groups excluding carboxylic acids is 1. The molecule has 1 aromatic carbocycles.